The molecule has 1 fully saturated rings. The zero-order chi connectivity index (χ0) is 23.1. The van der Waals surface area contributed by atoms with Gasteiger partial charge in [0.2, 0.25) is 0 Å². The Morgan fingerprint density at radius 1 is 1.06 bits per heavy atom. The number of hydrogen-bond acceptors (Lipinski definition) is 7. The van der Waals surface area contributed by atoms with Crippen LogP contribution < -0.4 is 14.8 Å². The molecule has 1 N–H and O–H groups in total. The molecule has 0 unspecified atom stereocenters. The molecule has 1 aliphatic heterocycles. The predicted molar refractivity (Wildman–Crippen MR) is 123 cm³/mol. The van der Waals surface area contributed by atoms with E-state index in [0.717, 1.165) is 44.8 Å². The normalized spacial score (nSPS) is 14.7. The summed E-state index contributed by atoms with van der Waals surface area (Å²) in [6, 6.07) is 10.1. The third kappa shape index (κ3) is 5.74. The Labute approximate surface area is 188 Å². The molecule has 32 heavy (non-hydrogen) atoms. The number of carbonyl (C=O) groups is 1. The standard InChI is InChI=1S/C23H30N4O5/c1-4-25-10-12-26(13-11-25)16-17-6-8-18(9-7-17)24-23(28)19-14-21(31-3)22(32-5-2)15-20(19)27(29)30/h6-9,14-15H,4-5,10-13,16H2,1-3H3,(H,24,28). The van der Waals surface area contributed by atoms with Gasteiger partial charge in [0, 0.05) is 44.5 Å². The third-order valence-corrected chi connectivity index (χ3v) is 5.55. The maximum absolute atomic E-state index is 12.8. The number of anilines is 1. The van der Waals surface area contributed by atoms with Crippen LogP contribution in [0.1, 0.15) is 29.8 Å². The number of amides is 1. The van der Waals surface area contributed by atoms with Crippen molar-refractivity contribution in [2.45, 2.75) is 20.4 Å². The molecule has 2 aromatic carbocycles. The number of benzene rings is 2. The van der Waals surface area contributed by atoms with E-state index in [4.69, 9.17) is 9.47 Å². The van der Waals surface area contributed by atoms with E-state index in [1.807, 2.05) is 24.3 Å². The molecule has 0 atom stereocenters. The number of methoxy groups -OCH3 is 1. The van der Waals surface area contributed by atoms with Crippen molar-refractivity contribution in [1.82, 2.24) is 9.80 Å². The van der Waals surface area contributed by atoms with Gasteiger partial charge < -0.3 is 19.7 Å². The number of nitro groups is 1. The molecule has 0 spiro atoms. The van der Waals surface area contributed by atoms with Crippen molar-refractivity contribution in [1.29, 1.82) is 0 Å². The van der Waals surface area contributed by atoms with E-state index in [-0.39, 0.29) is 22.7 Å². The maximum Gasteiger partial charge on any atom is 0.286 e. The first kappa shape index (κ1) is 23.5. The van der Waals surface area contributed by atoms with E-state index >= 15 is 0 Å². The lowest BCUT2D eigenvalue weighted by Crippen LogP contribution is -2.45. The topological polar surface area (TPSA) is 97.2 Å². The summed E-state index contributed by atoms with van der Waals surface area (Å²) < 4.78 is 10.6. The van der Waals surface area contributed by atoms with Crippen molar-refractivity contribution in [3.63, 3.8) is 0 Å². The molecule has 3 rings (SSSR count). The van der Waals surface area contributed by atoms with Crippen molar-refractivity contribution in [2.75, 3.05) is 51.8 Å². The number of carbonyl (C=O) groups excluding carboxylic acids is 1. The summed E-state index contributed by atoms with van der Waals surface area (Å²) >= 11 is 0. The van der Waals surface area contributed by atoms with Gasteiger partial charge in [-0.25, -0.2) is 0 Å². The highest BCUT2D eigenvalue weighted by atomic mass is 16.6. The summed E-state index contributed by atoms with van der Waals surface area (Å²) in [6.45, 7) is 10.4. The molecule has 0 bridgehead atoms. The van der Waals surface area contributed by atoms with E-state index < -0.39 is 10.8 Å². The summed E-state index contributed by atoms with van der Waals surface area (Å²) in [5.74, 6) is -0.0926. The summed E-state index contributed by atoms with van der Waals surface area (Å²) in [7, 11) is 1.42. The summed E-state index contributed by atoms with van der Waals surface area (Å²) in [5, 5.41) is 14.3. The largest absolute Gasteiger partial charge is 0.493 e. The average Bonchev–Trinajstić information content (AvgIpc) is 2.80. The minimum absolute atomic E-state index is 0.0897. The minimum atomic E-state index is -0.599. The van der Waals surface area contributed by atoms with Crippen LogP contribution in [0.3, 0.4) is 0 Å². The van der Waals surface area contributed by atoms with Crippen LogP contribution in [0.15, 0.2) is 36.4 Å². The van der Waals surface area contributed by atoms with Gasteiger partial charge in [0.1, 0.15) is 5.56 Å². The molecule has 2 aromatic rings. The van der Waals surface area contributed by atoms with Crippen LogP contribution in [-0.2, 0) is 6.54 Å². The molecule has 9 nitrogen and oxygen atoms in total. The Hall–Kier alpha value is -3.17. The molecular formula is C23H30N4O5. The first-order valence-corrected chi connectivity index (χ1v) is 10.8. The highest BCUT2D eigenvalue weighted by molar-refractivity contribution is 6.07. The summed E-state index contributed by atoms with van der Waals surface area (Å²) in [4.78, 5) is 28.6. The van der Waals surface area contributed by atoms with Gasteiger partial charge in [0.15, 0.2) is 11.5 Å². The molecular weight excluding hydrogens is 412 g/mol. The molecule has 0 aliphatic carbocycles. The van der Waals surface area contributed by atoms with Gasteiger partial charge in [-0.2, -0.15) is 0 Å². The van der Waals surface area contributed by atoms with Crippen LogP contribution in [-0.4, -0.2) is 67.1 Å². The highest BCUT2D eigenvalue weighted by Crippen LogP contribution is 2.35. The smallest absolute Gasteiger partial charge is 0.286 e. The number of hydrogen-bond donors (Lipinski definition) is 1. The Balaban J connectivity index is 1.69. The molecule has 1 saturated heterocycles. The molecule has 1 heterocycles. The Morgan fingerprint density at radius 2 is 1.72 bits per heavy atom. The summed E-state index contributed by atoms with van der Waals surface area (Å²) in [6.07, 6.45) is 0. The van der Waals surface area contributed by atoms with E-state index in [2.05, 4.69) is 22.0 Å². The SMILES string of the molecule is CCOc1cc([N+](=O)[O-])c(C(=O)Nc2ccc(CN3CCN(CC)CC3)cc2)cc1OC. The number of piperazine rings is 1. The van der Waals surface area contributed by atoms with Crippen molar-refractivity contribution in [2.24, 2.45) is 0 Å². The number of nitrogens with zero attached hydrogens (tertiary/aromatic N) is 3. The van der Waals surface area contributed by atoms with E-state index in [1.54, 1.807) is 6.92 Å². The van der Waals surface area contributed by atoms with Crippen LogP contribution in [0.2, 0.25) is 0 Å². The fourth-order valence-electron chi connectivity index (χ4n) is 3.72. The van der Waals surface area contributed by atoms with Crippen LogP contribution >= 0.6 is 0 Å². The van der Waals surface area contributed by atoms with Crippen LogP contribution in [0.5, 0.6) is 11.5 Å². The quantitative estimate of drug-likeness (QED) is 0.470. The minimum Gasteiger partial charge on any atom is -0.493 e. The van der Waals surface area contributed by atoms with Gasteiger partial charge in [-0.3, -0.25) is 19.8 Å². The fourth-order valence-corrected chi connectivity index (χ4v) is 3.72. The number of nitro benzene ring substituents is 1. The second kappa shape index (κ2) is 10.9. The maximum atomic E-state index is 12.8. The van der Waals surface area contributed by atoms with Crippen molar-refractivity contribution >= 4 is 17.3 Å². The molecule has 172 valence electrons. The van der Waals surface area contributed by atoms with Crippen LogP contribution in [0.25, 0.3) is 0 Å². The second-order valence-corrected chi connectivity index (χ2v) is 7.57. The van der Waals surface area contributed by atoms with E-state index in [0.29, 0.717) is 12.3 Å². The Morgan fingerprint density at radius 3 is 2.28 bits per heavy atom. The number of rotatable bonds is 9. The average molecular weight is 443 g/mol. The lowest BCUT2D eigenvalue weighted by molar-refractivity contribution is -0.385. The van der Waals surface area contributed by atoms with Crippen LogP contribution in [0.4, 0.5) is 11.4 Å². The second-order valence-electron chi connectivity index (χ2n) is 7.57. The molecule has 0 radical (unpaired) electrons. The highest BCUT2D eigenvalue weighted by Gasteiger charge is 2.25. The van der Waals surface area contributed by atoms with Gasteiger partial charge in [-0.15, -0.1) is 0 Å². The van der Waals surface area contributed by atoms with Gasteiger partial charge in [0.05, 0.1) is 24.7 Å². The predicted octanol–water partition coefficient (Wildman–Crippen LogP) is 3.39. The molecule has 0 saturated carbocycles. The van der Waals surface area contributed by atoms with Crippen molar-refractivity contribution in [3.05, 3.63) is 57.6 Å². The Bertz CT molecular complexity index is 940. The van der Waals surface area contributed by atoms with Gasteiger partial charge in [-0.05, 0) is 31.2 Å². The first-order chi connectivity index (χ1) is 15.4. The Kier molecular flexibility index (Phi) is 8.02. The zero-order valence-electron chi connectivity index (χ0n) is 18.8. The lowest BCUT2D eigenvalue weighted by atomic mass is 10.1. The number of ether oxygens (including phenoxy) is 2. The van der Waals surface area contributed by atoms with Gasteiger partial charge in [-0.1, -0.05) is 19.1 Å². The molecule has 0 aromatic heterocycles. The van der Waals surface area contributed by atoms with Crippen molar-refractivity contribution in [3.8, 4) is 11.5 Å². The fraction of sp³-hybridized carbons (Fsp3) is 0.435. The first-order valence-electron chi connectivity index (χ1n) is 10.8. The van der Waals surface area contributed by atoms with E-state index in [1.165, 1.54) is 19.2 Å². The number of likely N-dealkylation sites (N-methyl/N-ethyl adjacent to an activating group) is 1. The summed E-state index contributed by atoms with van der Waals surface area (Å²) in [5.41, 5.74) is 1.29. The van der Waals surface area contributed by atoms with Gasteiger partial charge >= 0.3 is 0 Å². The molecule has 9 heteroatoms. The van der Waals surface area contributed by atoms with Crippen LogP contribution in [0, 0.1) is 10.1 Å². The van der Waals surface area contributed by atoms with Gasteiger partial charge in [0.25, 0.3) is 11.6 Å². The molecule has 1 aliphatic rings. The van der Waals surface area contributed by atoms with E-state index in [9.17, 15) is 14.9 Å². The lowest BCUT2D eigenvalue weighted by Gasteiger charge is -2.34. The van der Waals surface area contributed by atoms with Crippen molar-refractivity contribution < 1.29 is 19.2 Å². The molecule has 1 amide bonds. The number of nitrogens with one attached hydrogen (secondary N) is 1. The monoisotopic (exact) mass is 442 g/mol. The zero-order valence-corrected chi connectivity index (χ0v) is 18.8. The third-order valence-electron chi connectivity index (χ3n) is 5.55.